The number of rotatable bonds is 10. The number of hydrogen-bond acceptors (Lipinski definition) is 0. The summed E-state index contributed by atoms with van der Waals surface area (Å²) in [5.74, 6) is -69.7. The highest BCUT2D eigenvalue weighted by Gasteiger charge is 2.99. The molecule has 37 heavy (non-hydrogen) atoms. The van der Waals surface area contributed by atoms with Gasteiger partial charge in [-0.25, -0.2) is 4.39 Å². The predicted octanol–water partition coefficient (Wildman–Crippen LogP) is 8.73. The topological polar surface area (TPSA) is 0 Å². The number of hydrogen-bond donors (Lipinski definition) is 0. The first-order valence-corrected chi connectivity index (χ1v) is 9.49. The third-order valence-corrected chi connectivity index (χ3v) is 4.99. The molecule has 0 nitrogen and oxygen atoms in total. The van der Waals surface area contributed by atoms with Crippen LogP contribution in [0, 0.1) is 0 Å². The van der Waals surface area contributed by atoms with Crippen LogP contribution in [0.2, 0.25) is 0 Å². The molecule has 0 radical (unpaired) electrons. The van der Waals surface area contributed by atoms with Crippen LogP contribution >= 0.6 is 22.6 Å². The summed E-state index contributed by atoms with van der Waals surface area (Å²) in [7, 11) is 0. The summed E-state index contributed by atoms with van der Waals surface area (Å²) in [6, 6.07) is 0. The predicted molar refractivity (Wildman–Crippen MR) is 79.0 cm³/mol. The molecule has 0 aromatic rings. The van der Waals surface area contributed by atoms with Gasteiger partial charge in [-0.1, -0.05) is 22.6 Å². The molecule has 0 N–H and O–H groups in total. The first-order chi connectivity index (χ1) is 15.6. The van der Waals surface area contributed by atoms with Crippen LogP contribution in [-0.4, -0.2) is 69.8 Å². The molecule has 224 valence electrons. The molecule has 24 heteroatoms. The monoisotopic (exact) mass is 724 g/mol. The molecule has 0 spiro atoms. The van der Waals surface area contributed by atoms with Gasteiger partial charge in [-0.3, -0.25) is 0 Å². The van der Waals surface area contributed by atoms with Gasteiger partial charge in [0.25, 0.3) is 0 Å². The van der Waals surface area contributed by atoms with Crippen LogP contribution in [0.25, 0.3) is 0 Å². The van der Waals surface area contributed by atoms with Crippen molar-refractivity contribution in [3.8, 4) is 0 Å². The Kier molecular flexibility index (Phi) is 8.86. The average molecular weight is 724 g/mol. The van der Waals surface area contributed by atoms with E-state index in [-0.39, 0.29) is 0 Å². The van der Waals surface area contributed by atoms with Crippen molar-refractivity contribution in [1.29, 1.82) is 0 Å². The van der Waals surface area contributed by atoms with Crippen molar-refractivity contribution in [2.24, 2.45) is 0 Å². The minimum atomic E-state index is -9.43. The van der Waals surface area contributed by atoms with Crippen LogP contribution in [-0.2, 0) is 0 Å². The third-order valence-electron chi connectivity index (χ3n) is 4.45. The van der Waals surface area contributed by atoms with E-state index in [1.807, 2.05) is 0 Å². The van der Waals surface area contributed by atoms with E-state index in [2.05, 4.69) is 0 Å². The van der Waals surface area contributed by atoms with Crippen molar-refractivity contribution in [2.45, 2.75) is 71.8 Å². The minimum Gasteiger partial charge on any atom is -0.216 e. The molecule has 0 heterocycles. The Morgan fingerprint density at radius 2 is 0.541 bits per heavy atom. The smallest absolute Gasteiger partial charge is 0.216 e. The van der Waals surface area contributed by atoms with Gasteiger partial charge in [-0.2, -0.15) is 96.6 Å². The minimum absolute atomic E-state index is 0.654. The van der Waals surface area contributed by atoms with Crippen molar-refractivity contribution >= 4 is 22.6 Å². The Labute approximate surface area is 200 Å². The molecule has 0 aliphatic heterocycles. The second-order valence-electron chi connectivity index (χ2n) is 6.82. The maximum absolute atomic E-state index is 13.5. The summed E-state index contributed by atoms with van der Waals surface area (Å²) in [6.45, 7) is 0. The molecule has 0 atom stereocenters. The highest BCUT2D eigenvalue weighted by molar-refractivity contribution is 14.1. The van der Waals surface area contributed by atoms with E-state index in [9.17, 15) is 101 Å². The molecule has 0 aliphatic carbocycles. The van der Waals surface area contributed by atoms with Crippen LogP contribution in [0.4, 0.5) is 101 Å². The van der Waals surface area contributed by atoms with Crippen molar-refractivity contribution < 1.29 is 101 Å². The first kappa shape index (κ1) is 36.1. The van der Waals surface area contributed by atoms with Crippen LogP contribution < -0.4 is 0 Å². The van der Waals surface area contributed by atoms with Gasteiger partial charge in [-0.15, -0.1) is 0 Å². The molecule has 0 aliphatic rings. The lowest BCUT2D eigenvalue weighted by molar-refractivity contribution is -0.481. The molecular formula is C13H4F23I. The third kappa shape index (κ3) is 4.44. The maximum Gasteiger partial charge on any atom is 0.438 e. The maximum atomic E-state index is 13.5. The van der Waals surface area contributed by atoms with Crippen LogP contribution in [0.15, 0.2) is 0 Å². The standard InChI is InChI=1S/C13H4F23I/c14-3(15,1-2-37)5(17,18)7(21,22)9(25,26)11(29,30)10(27,28)8(23,24)6(19,20)4(16,12(31,32)33)13(34,35)36/h1-2H2. The SMILES string of the molecule is FC(F)(F)C(F)(C(F)(F)F)C(F)(F)C(F)(F)C(F)(F)C(F)(F)C(F)(F)C(F)(F)C(F)(F)C(F)(F)CCI. The zero-order valence-corrected chi connectivity index (χ0v) is 18.1. The summed E-state index contributed by atoms with van der Waals surface area (Å²) in [5, 5.41) is 0. The number of alkyl halides is 24. The van der Waals surface area contributed by atoms with Crippen LogP contribution in [0.5, 0.6) is 0 Å². The Hall–Kier alpha value is -0.880. The van der Waals surface area contributed by atoms with E-state index in [0.717, 1.165) is 0 Å². The zero-order valence-electron chi connectivity index (χ0n) is 16.0. The largest absolute Gasteiger partial charge is 0.438 e. The number of halogens is 24. The lowest BCUT2D eigenvalue weighted by Gasteiger charge is -2.46. The molecule has 0 saturated carbocycles. The highest BCUT2D eigenvalue weighted by Crippen LogP contribution is 2.67. The van der Waals surface area contributed by atoms with Crippen LogP contribution in [0.1, 0.15) is 6.42 Å². The summed E-state index contributed by atoms with van der Waals surface area (Å²) < 4.78 is 301. The quantitative estimate of drug-likeness (QED) is 0.120. The van der Waals surface area contributed by atoms with Crippen molar-refractivity contribution in [1.82, 2.24) is 0 Å². The fourth-order valence-corrected chi connectivity index (χ4v) is 2.90. The fraction of sp³-hybridized carbons (Fsp3) is 1.00. The Morgan fingerprint density at radius 3 is 0.757 bits per heavy atom. The van der Waals surface area contributed by atoms with E-state index in [1.54, 1.807) is 0 Å². The Bertz CT molecular complexity index is 801. The van der Waals surface area contributed by atoms with Gasteiger partial charge in [0.15, 0.2) is 0 Å². The molecule has 0 aromatic heterocycles. The van der Waals surface area contributed by atoms with Crippen molar-refractivity contribution in [2.75, 3.05) is 4.43 Å². The van der Waals surface area contributed by atoms with Gasteiger partial charge in [0.05, 0.1) is 0 Å². The van der Waals surface area contributed by atoms with E-state index in [1.165, 1.54) is 0 Å². The van der Waals surface area contributed by atoms with E-state index in [0.29, 0.717) is 22.6 Å². The van der Waals surface area contributed by atoms with Gasteiger partial charge in [0.1, 0.15) is 0 Å². The van der Waals surface area contributed by atoms with E-state index < -0.39 is 76.2 Å². The normalized spacial score (nSPS) is 16.9. The zero-order chi connectivity index (χ0) is 30.9. The summed E-state index contributed by atoms with van der Waals surface area (Å²) in [5.41, 5.74) is -8.99. The molecule has 0 aromatic carbocycles. The average Bonchev–Trinajstić information content (AvgIpc) is 2.64. The molecule has 0 fully saturated rings. The van der Waals surface area contributed by atoms with E-state index >= 15 is 0 Å². The molecule has 0 rings (SSSR count). The second-order valence-corrected chi connectivity index (χ2v) is 7.90. The first-order valence-electron chi connectivity index (χ1n) is 7.97. The van der Waals surface area contributed by atoms with Crippen LogP contribution in [0.3, 0.4) is 0 Å². The molecule has 0 unspecified atom stereocenters. The van der Waals surface area contributed by atoms with Gasteiger partial charge in [0, 0.05) is 10.8 Å². The Morgan fingerprint density at radius 1 is 0.324 bits per heavy atom. The highest BCUT2D eigenvalue weighted by atomic mass is 127. The summed E-state index contributed by atoms with van der Waals surface area (Å²) in [4.78, 5) is 0. The van der Waals surface area contributed by atoms with Crippen molar-refractivity contribution in [3.63, 3.8) is 0 Å². The van der Waals surface area contributed by atoms with Crippen molar-refractivity contribution in [3.05, 3.63) is 0 Å². The second kappa shape index (κ2) is 9.08. The molecule has 0 bridgehead atoms. The summed E-state index contributed by atoms with van der Waals surface area (Å²) >= 11 is 0.654. The Balaban J connectivity index is 7.32. The molecule has 0 saturated heterocycles. The van der Waals surface area contributed by atoms with Gasteiger partial charge < -0.3 is 0 Å². The van der Waals surface area contributed by atoms with Gasteiger partial charge in [-0.05, 0) is 0 Å². The summed E-state index contributed by atoms with van der Waals surface area (Å²) in [6.07, 6.45) is -19.6. The lowest BCUT2D eigenvalue weighted by Crippen LogP contribution is -2.79. The van der Waals surface area contributed by atoms with E-state index in [4.69, 9.17) is 0 Å². The van der Waals surface area contributed by atoms with Gasteiger partial charge >= 0.3 is 65.4 Å². The lowest BCUT2D eigenvalue weighted by atomic mass is 9.82. The van der Waals surface area contributed by atoms with Gasteiger partial charge in [0.2, 0.25) is 0 Å². The molecule has 0 amide bonds. The molecular weight excluding hydrogens is 720 g/mol. The fourth-order valence-electron chi connectivity index (χ4n) is 2.22.